The highest BCUT2D eigenvalue weighted by molar-refractivity contribution is 4.69. The first-order chi connectivity index (χ1) is 5.12. The van der Waals surface area contributed by atoms with E-state index in [4.69, 9.17) is 0 Å². The van der Waals surface area contributed by atoms with Gasteiger partial charge in [0, 0.05) is 0 Å². The van der Waals surface area contributed by atoms with Gasteiger partial charge in [0.1, 0.15) is 0 Å². The molecule has 0 spiro atoms. The van der Waals surface area contributed by atoms with Crippen molar-refractivity contribution in [1.29, 1.82) is 0 Å². The van der Waals surface area contributed by atoms with Gasteiger partial charge < -0.3 is 5.32 Å². The fourth-order valence-corrected chi connectivity index (χ4v) is 1.42. The van der Waals surface area contributed by atoms with Crippen LogP contribution in [0.5, 0.6) is 0 Å². The molecule has 0 fully saturated rings. The summed E-state index contributed by atoms with van der Waals surface area (Å²) in [6.45, 7) is 8.06. The van der Waals surface area contributed by atoms with Crippen LogP contribution in [0.1, 0.15) is 46.5 Å². The van der Waals surface area contributed by atoms with Crippen LogP contribution in [0.3, 0.4) is 0 Å². The van der Waals surface area contributed by atoms with Gasteiger partial charge in [0.2, 0.25) is 0 Å². The van der Waals surface area contributed by atoms with Crippen LogP contribution in [0.4, 0.5) is 0 Å². The molecule has 11 heavy (non-hydrogen) atoms. The minimum atomic E-state index is 0.490. The molecule has 0 heterocycles. The van der Waals surface area contributed by atoms with Crippen molar-refractivity contribution in [2.75, 3.05) is 13.6 Å². The molecule has 0 aliphatic heterocycles. The third kappa shape index (κ3) is 6.36. The number of hydrogen-bond donors (Lipinski definition) is 1. The molecule has 0 aromatic rings. The monoisotopic (exact) mass is 157 g/mol. The fourth-order valence-electron chi connectivity index (χ4n) is 1.42. The lowest BCUT2D eigenvalue weighted by atomic mass is 9.87. The Morgan fingerprint density at radius 2 is 1.82 bits per heavy atom. The van der Waals surface area contributed by atoms with E-state index in [1.807, 2.05) is 7.05 Å². The summed E-state index contributed by atoms with van der Waals surface area (Å²) in [5.74, 6) is 0. The van der Waals surface area contributed by atoms with Gasteiger partial charge in [-0.1, -0.05) is 40.0 Å². The van der Waals surface area contributed by atoms with Crippen LogP contribution >= 0.6 is 0 Å². The van der Waals surface area contributed by atoms with Crippen molar-refractivity contribution in [3.63, 3.8) is 0 Å². The Kier molecular flexibility index (Phi) is 5.57. The zero-order valence-corrected chi connectivity index (χ0v) is 8.54. The summed E-state index contributed by atoms with van der Waals surface area (Å²) >= 11 is 0. The van der Waals surface area contributed by atoms with Gasteiger partial charge in [-0.05, 0) is 25.4 Å². The van der Waals surface area contributed by atoms with Crippen LogP contribution in [0, 0.1) is 5.41 Å². The van der Waals surface area contributed by atoms with Crippen molar-refractivity contribution in [2.24, 2.45) is 5.41 Å². The first-order valence-corrected chi connectivity index (χ1v) is 4.77. The molecule has 0 aromatic carbocycles. The number of unbranched alkanes of at least 4 members (excludes halogenated alkanes) is 2. The minimum absolute atomic E-state index is 0.490. The van der Waals surface area contributed by atoms with E-state index in [0.29, 0.717) is 5.41 Å². The molecule has 0 bridgehead atoms. The van der Waals surface area contributed by atoms with E-state index in [1.165, 1.54) is 25.7 Å². The van der Waals surface area contributed by atoms with Crippen LogP contribution in [0.15, 0.2) is 0 Å². The Morgan fingerprint density at radius 1 is 1.18 bits per heavy atom. The zero-order chi connectivity index (χ0) is 8.74. The Morgan fingerprint density at radius 3 is 2.27 bits per heavy atom. The summed E-state index contributed by atoms with van der Waals surface area (Å²) in [4.78, 5) is 0. The topological polar surface area (TPSA) is 12.0 Å². The van der Waals surface area contributed by atoms with Gasteiger partial charge in [-0.3, -0.25) is 0 Å². The van der Waals surface area contributed by atoms with Crippen molar-refractivity contribution >= 4 is 0 Å². The first-order valence-electron chi connectivity index (χ1n) is 4.77. The normalized spacial score (nSPS) is 12.0. The third-order valence-electron chi connectivity index (χ3n) is 2.11. The predicted molar refractivity (Wildman–Crippen MR) is 51.8 cm³/mol. The molecule has 1 nitrogen and oxygen atoms in total. The quantitative estimate of drug-likeness (QED) is 0.585. The zero-order valence-electron chi connectivity index (χ0n) is 8.54. The van der Waals surface area contributed by atoms with Gasteiger partial charge >= 0.3 is 0 Å². The summed E-state index contributed by atoms with van der Waals surface area (Å²) < 4.78 is 0. The highest BCUT2D eigenvalue weighted by atomic mass is 14.8. The number of rotatable bonds is 6. The average Bonchev–Trinajstić information content (AvgIpc) is 1.87. The first kappa shape index (κ1) is 11.0. The summed E-state index contributed by atoms with van der Waals surface area (Å²) in [6, 6.07) is 0. The molecule has 0 aromatic heterocycles. The largest absolute Gasteiger partial charge is 0.319 e. The molecule has 0 saturated heterocycles. The standard InChI is InChI=1S/C10H23N/c1-5-6-7-8-10(2,3)9-11-4/h11H,5-9H2,1-4H3. The second kappa shape index (κ2) is 5.59. The number of hydrogen-bond acceptors (Lipinski definition) is 1. The van der Waals surface area contributed by atoms with E-state index in [2.05, 4.69) is 26.1 Å². The van der Waals surface area contributed by atoms with Crippen LogP contribution < -0.4 is 5.32 Å². The molecular weight excluding hydrogens is 134 g/mol. The summed E-state index contributed by atoms with van der Waals surface area (Å²) in [7, 11) is 2.03. The average molecular weight is 157 g/mol. The lowest BCUT2D eigenvalue weighted by Gasteiger charge is -2.23. The predicted octanol–water partition coefficient (Wildman–Crippen LogP) is 2.81. The second-order valence-corrected chi connectivity index (χ2v) is 4.15. The lowest BCUT2D eigenvalue weighted by Crippen LogP contribution is -2.26. The molecule has 0 rings (SSSR count). The molecule has 1 N–H and O–H groups in total. The maximum atomic E-state index is 3.23. The number of nitrogens with one attached hydrogen (secondary N) is 1. The maximum Gasteiger partial charge on any atom is -0.0000488 e. The van der Waals surface area contributed by atoms with Crippen molar-refractivity contribution in [3.05, 3.63) is 0 Å². The van der Waals surface area contributed by atoms with Gasteiger partial charge in [-0.2, -0.15) is 0 Å². The van der Waals surface area contributed by atoms with E-state index < -0.39 is 0 Å². The Hall–Kier alpha value is -0.0400. The van der Waals surface area contributed by atoms with Gasteiger partial charge in [-0.15, -0.1) is 0 Å². The van der Waals surface area contributed by atoms with Crippen LogP contribution in [-0.2, 0) is 0 Å². The smallest absolute Gasteiger partial charge is 0.0000488 e. The van der Waals surface area contributed by atoms with Crippen molar-refractivity contribution in [3.8, 4) is 0 Å². The van der Waals surface area contributed by atoms with E-state index >= 15 is 0 Å². The second-order valence-electron chi connectivity index (χ2n) is 4.15. The molecule has 0 aliphatic rings. The van der Waals surface area contributed by atoms with Gasteiger partial charge in [0.05, 0.1) is 0 Å². The SMILES string of the molecule is CCCCCC(C)(C)CNC. The van der Waals surface area contributed by atoms with Crippen molar-refractivity contribution in [2.45, 2.75) is 46.5 Å². The van der Waals surface area contributed by atoms with Crippen LogP contribution in [0.2, 0.25) is 0 Å². The highest BCUT2D eigenvalue weighted by Crippen LogP contribution is 2.22. The molecule has 0 radical (unpaired) electrons. The fraction of sp³-hybridized carbons (Fsp3) is 1.00. The lowest BCUT2D eigenvalue weighted by molar-refractivity contribution is 0.311. The summed E-state index contributed by atoms with van der Waals surface area (Å²) in [6.07, 6.45) is 5.44. The van der Waals surface area contributed by atoms with Crippen molar-refractivity contribution < 1.29 is 0 Å². The molecule has 68 valence electrons. The molecule has 1 heteroatoms. The van der Waals surface area contributed by atoms with Crippen LogP contribution in [0.25, 0.3) is 0 Å². The molecule has 0 saturated carbocycles. The maximum absolute atomic E-state index is 3.23. The Labute approximate surface area is 71.6 Å². The minimum Gasteiger partial charge on any atom is -0.319 e. The van der Waals surface area contributed by atoms with Gasteiger partial charge in [-0.25, -0.2) is 0 Å². The summed E-state index contributed by atoms with van der Waals surface area (Å²) in [5.41, 5.74) is 0.490. The van der Waals surface area contributed by atoms with E-state index in [-0.39, 0.29) is 0 Å². The molecule has 0 amide bonds. The van der Waals surface area contributed by atoms with Gasteiger partial charge in [0.15, 0.2) is 0 Å². The van der Waals surface area contributed by atoms with E-state index in [0.717, 1.165) is 6.54 Å². The Bertz CT molecular complexity index is 86.9. The molecule has 0 atom stereocenters. The van der Waals surface area contributed by atoms with Crippen molar-refractivity contribution in [1.82, 2.24) is 5.32 Å². The molecule has 0 aliphatic carbocycles. The summed E-state index contributed by atoms with van der Waals surface area (Å²) in [5, 5.41) is 3.23. The van der Waals surface area contributed by atoms with Crippen LogP contribution in [-0.4, -0.2) is 13.6 Å². The molecular formula is C10H23N. The Balaban J connectivity index is 3.38. The van der Waals surface area contributed by atoms with Gasteiger partial charge in [0.25, 0.3) is 0 Å². The highest BCUT2D eigenvalue weighted by Gasteiger charge is 2.15. The van der Waals surface area contributed by atoms with E-state index in [9.17, 15) is 0 Å². The van der Waals surface area contributed by atoms with E-state index in [1.54, 1.807) is 0 Å². The third-order valence-corrected chi connectivity index (χ3v) is 2.11. The molecule has 0 unspecified atom stereocenters.